The van der Waals surface area contributed by atoms with E-state index in [-0.39, 0.29) is 0 Å². The molecule has 3 heterocycles. The molecule has 0 unspecified atom stereocenters. The van der Waals surface area contributed by atoms with Crippen molar-refractivity contribution in [2.75, 3.05) is 39.3 Å². The average molecular weight is 306 g/mol. The molecule has 0 aromatic carbocycles. The Labute approximate surface area is 131 Å². The predicted octanol–water partition coefficient (Wildman–Crippen LogP) is 3.05. The Morgan fingerprint density at radius 2 is 1.86 bits per heavy atom. The van der Waals surface area contributed by atoms with Crippen LogP contribution in [0.5, 0.6) is 0 Å². The summed E-state index contributed by atoms with van der Waals surface area (Å²) >= 11 is 1.62. The van der Waals surface area contributed by atoms with Gasteiger partial charge in [0.15, 0.2) is 5.78 Å². The number of hydrogen-bond acceptors (Lipinski definition) is 4. The van der Waals surface area contributed by atoms with Crippen molar-refractivity contribution < 1.29 is 4.79 Å². The van der Waals surface area contributed by atoms with Gasteiger partial charge in [-0.25, -0.2) is 0 Å². The minimum Gasteiger partial charge on any atom is -0.303 e. The lowest BCUT2D eigenvalue weighted by Crippen LogP contribution is -2.40. The number of carbonyl (C=O) groups excluding carboxylic acids is 1. The summed E-state index contributed by atoms with van der Waals surface area (Å²) in [5.41, 5.74) is 0. The van der Waals surface area contributed by atoms with Gasteiger partial charge in [0, 0.05) is 11.4 Å². The van der Waals surface area contributed by atoms with Gasteiger partial charge >= 0.3 is 0 Å². The number of nitrogens with zero attached hydrogens (tertiary/aromatic N) is 2. The van der Waals surface area contributed by atoms with Gasteiger partial charge in [0.2, 0.25) is 0 Å². The summed E-state index contributed by atoms with van der Waals surface area (Å²) < 4.78 is 0. The minimum atomic E-state index is 0.297. The summed E-state index contributed by atoms with van der Waals surface area (Å²) in [6.45, 7) is 8.74. The van der Waals surface area contributed by atoms with E-state index in [0.717, 1.165) is 23.9 Å². The van der Waals surface area contributed by atoms with Gasteiger partial charge in [-0.15, -0.1) is 11.3 Å². The van der Waals surface area contributed by atoms with Crippen LogP contribution in [0.3, 0.4) is 0 Å². The van der Waals surface area contributed by atoms with E-state index < -0.39 is 0 Å². The maximum atomic E-state index is 12.2. The zero-order valence-electron chi connectivity index (χ0n) is 13.0. The van der Waals surface area contributed by atoms with Crippen LogP contribution in [-0.4, -0.2) is 54.9 Å². The van der Waals surface area contributed by atoms with Gasteiger partial charge < -0.3 is 4.90 Å². The standard InChI is InChI=1S/C17H26N2OS/c1-14-4-5-17(21-14)16(20)13-19-10-6-15(7-11-19)12-18-8-2-3-9-18/h4-5,15H,2-3,6-13H2,1H3. The normalized spacial score (nSPS) is 22.0. The fourth-order valence-corrected chi connectivity index (χ4v) is 4.32. The van der Waals surface area contributed by atoms with Gasteiger partial charge in [-0.2, -0.15) is 0 Å². The molecule has 0 bridgehead atoms. The zero-order chi connectivity index (χ0) is 14.7. The van der Waals surface area contributed by atoms with Crippen LogP contribution in [0.15, 0.2) is 12.1 Å². The van der Waals surface area contributed by atoms with Crippen LogP contribution in [0.2, 0.25) is 0 Å². The average Bonchev–Trinajstić information content (AvgIpc) is 3.12. The molecule has 0 amide bonds. The first-order valence-electron chi connectivity index (χ1n) is 8.25. The van der Waals surface area contributed by atoms with E-state index in [9.17, 15) is 4.79 Å². The van der Waals surface area contributed by atoms with E-state index in [1.807, 2.05) is 12.1 Å². The lowest BCUT2D eigenvalue weighted by molar-refractivity contribution is 0.0886. The summed E-state index contributed by atoms with van der Waals surface area (Å²) in [6.07, 6.45) is 5.28. The molecule has 0 aliphatic carbocycles. The number of Topliss-reactive ketones (excluding diaryl/α,β-unsaturated/α-hetero) is 1. The molecule has 0 spiro atoms. The van der Waals surface area contributed by atoms with Gasteiger partial charge in [0.05, 0.1) is 11.4 Å². The molecule has 3 nitrogen and oxygen atoms in total. The molecule has 2 aliphatic heterocycles. The molecule has 0 N–H and O–H groups in total. The summed E-state index contributed by atoms with van der Waals surface area (Å²) in [4.78, 5) is 19.4. The minimum absolute atomic E-state index is 0.297. The van der Waals surface area contributed by atoms with Crippen molar-refractivity contribution in [2.45, 2.75) is 32.6 Å². The molecule has 4 heteroatoms. The molecule has 0 saturated carbocycles. The SMILES string of the molecule is Cc1ccc(C(=O)CN2CCC(CN3CCCC3)CC2)s1. The smallest absolute Gasteiger partial charge is 0.186 e. The molecular formula is C17H26N2OS. The number of likely N-dealkylation sites (tertiary alicyclic amines) is 2. The summed E-state index contributed by atoms with van der Waals surface area (Å²) in [5.74, 6) is 1.14. The van der Waals surface area contributed by atoms with E-state index in [1.165, 1.54) is 50.2 Å². The molecule has 1 aromatic rings. The molecule has 116 valence electrons. The third-order valence-electron chi connectivity index (χ3n) is 4.80. The number of hydrogen-bond donors (Lipinski definition) is 0. The Morgan fingerprint density at radius 1 is 1.14 bits per heavy atom. The summed E-state index contributed by atoms with van der Waals surface area (Å²) in [5, 5.41) is 0. The van der Waals surface area contributed by atoms with E-state index >= 15 is 0 Å². The van der Waals surface area contributed by atoms with Crippen molar-refractivity contribution in [2.24, 2.45) is 5.92 Å². The number of rotatable bonds is 5. The quantitative estimate of drug-likeness (QED) is 0.781. The van der Waals surface area contributed by atoms with E-state index in [2.05, 4.69) is 16.7 Å². The number of thiophene rings is 1. The first kappa shape index (κ1) is 15.2. The number of piperidine rings is 1. The first-order valence-corrected chi connectivity index (χ1v) is 9.07. The lowest BCUT2D eigenvalue weighted by atomic mass is 9.96. The highest BCUT2D eigenvalue weighted by Gasteiger charge is 2.24. The van der Waals surface area contributed by atoms with E-state index in [1.54, 1.807) is 11.3 Å². The van der Waals surface area contributed by atoms with Gasteiger partial charge in [-0.05, 0) is 76.8 Å². The molecule has 3 rings (SSSR count). The largest absolute Gasteiger partial charge is 0.303 e. The van der Waals surface area contributed by atoms with Crippen LogP contribution in [0, 0.1) is 12.8 Å². The van der Waals surface area contributed by atoms with Crippen LogP contribution >= 0.6 is 11.3 Å². The van der Waals surface area contributed by atoms with Gasteiger partial charge in [-0.1, -0.05) is 0 Å². The van der Waals surface area contributed by atoms with Crippen molar-refractivity contribution in [3.05, 3.63) is 21.9 Å². The molecule has 0 radical (unpaired) electrons. The lowest BCUT2D eigenvalue weighted by Gasteiger charge is -2.33. The molecule has 21 heavy (non-hydrogen) atoms. The summed E-state index contributed by atoms with van der Waals surface area (Å²) in [6, 6.07) is 4.02. The van der Waals surface area contributed by atoms with Crippen LogP contribution in [0.25, 0.3) is 0 Å². The monoisotopic (exact) mass is 306 g/mol. The molecule has 2 fully saturated rings. The maximum absolute atomic E-state index is 12.2. The predicted molar refractivity (Wildman–Crippen MR) is 88.2 cm³/mol. The molecule has 2 aliphatic rings. The number of ketones is 1. The van der Waals surface area contributed by atoms with Crippen LogP contribution in [-0.2, 0) is 0 Å². The highest BCUT2D eigenvalue weighted by Crippen LogP contribution is 2.22. The topological polar surface area (TPSA) is 23.6 Å². The van der Waals surface area contributed by atoms with Crippen molar-refractivity contribution in [1.82, 2.24) is 9.80 Å². The van der Waals surface area contributed by atoms with Crippen LogP contribution in [0.4, 0.5) is 0 Å². The van der Waals surface area contributed by atoms with Gasteiger partial charge in [-0.3, -0.25) is 9.69 Å². The molecule has 0 atom stereocenters. The van der Waals surface area contributed by atoms with Gasteiger partial charge in [0.1, 0.15) is 0 Å². The Hall–Kier alpha value is -0.710. The second-order valence-corrected chi connectivity index (χ2v) is 7.85. The van der Waals surface area contributed by atoms with Crippen molar-refractivity contribution in [1.29, 1.82) is 0 Å². The van der Waals surface area contributed by atoms with E-state index in [0.29, 0.717) is 12.3 Å². The van der Waals surface area contributed by atoms with Crippen LogP contribution in [0.1, 0.15) is 40.2 Å². The Balaban J connectivity index is 1.42. The molecule has 1 aromatic heterocycles. The third kappa shape index (κ3) is 4.15. The number of aryl methyl sites for hydroxylation is 1. The second-order valence-electron chi connectivity index (χ2n) is 6.56. The van der Waals surface area contributed by atoms with Gasteiger partial charge in [0.25, 0.3) is 0 Å². The Bertz CT molecular complexity index is 471. The highest BCUT2D eigenvalue weighted by atomic mass is 32.1. The first-order chi connectivity index (χ1) is 10.2. The fraction of sp³-hybridized carbons (Fsp3) is 0.706. The summed E-state index contributed by atoms with van der Waals surface area (Å²) in [7, 11) is 0. The zero-order valence-corrected chi connectivity index (χ0v) is 13.8. The molecule has 2 saturated heterocycles. The second kappa shape index (κ2) is 7.03. The van der Waals surface area contributed by atoms with Crippen molar-refractivity contribution in [3.8, 4) is 0 Å². The van der Waals surface area contributed by atoms with Crippen LogP contribution < -0.4 is 0 Å². The Kier molecular flexibility index (Phi) is 5.09. The van der Waals surface area contributed by atoms with E-state index in [4.69, 9.17) is 0 Å². The fourth-order valence-electron chi connectivity index (χ4n) is 3.52. The Morgan fingerprint density at radius 3 is 2.48 bits per heavy atom. The molecular weight excluding hydrogens is 280 g/mol. The highest BCUT2D eigenvalue weighted by molar-refractivity contribution is 7.14. The van der Waals surface area contributed by atoms with Crippen molar-refractivity contribution >= 4 is 17.1 Å². The third-order valence-corrected chi connectivity index (χ3v) is 5.85. The van der Waals surface area contributed by atoms with Crippen molar-refractivity contribution in [3.63, 3.8) is 0 Å². The maximum Gasteiger partial charge on any atom is 0.186 e. The number of carbonyl (C=O) groups is 1.